The van der Waals surface area contributed by atoms with Crippen molar-refractivity contribution in [3.8, 4) is 0 Å². The molecule has 0 bridgehead atoms. The first-order chi connectivity index (χ1) is 9.18. The van der Waals surface area contributed by atoms with Gasteiger partial charge in [-0.1, -0.05) is 6.42 Å². The van der Waals surface area contributed by atoms with Crippen LogP contribution in [-0.4, -0.2) is 30.1 Å². The van der Waals surface area contributed by atoms with E-state index in [0.717, 1.165) is 25.7 Å². The number of amides is 2. The lowest BCUT2D eigenvalue weighted by Gasteiger charge is -2.05. The monoisotopic (exact) mass is 265 g/mol. The fourth-order valence-corrected chi connectivity index (χ4v) is 1.56. The van der Waals surface area contributed by atoms with Crippen molar-refractivity contribution < 1.29 is 14.3 Å². The van der Waals surface area contributed by atoms with E-state index in [1.165, 1.54) is 5.56 Å². The molecule has 1 aromatic heterocycles. The van der Waals surface area contributed by atoms with Gasteiger partial charge in [0.2, 0.25) is 0 Å². The number of hydrogen-bond acceptors (Lipinski definition) is 4. The maximum Gasteiger partial charge on any atom is 0.407 e. The Morgan fingerprint density at radius 3 is 2.63 bits per heavy atom. The van der Waals surface area contributed by atoms with E-state index in [1.807, 2.05) is 12.1 Å². The molecular weight excluding hydrogens is 246 g/mol. The van der Waals surface area contributed by atoms with E-state index < -0.39 is 12.0 Å². The Kier molecular flexibility index (Phi) is 7.01. The summed E-state index contributed by atoms with van der Waals surface area (Å²) in [5, 5.41) is 2.56. The van der Waals surface area contributed by atoms with Crippen LogP contribution in [0.1, 0.15) is 24.8 Å². The van der Waals surface area contributed by atoms with Gasteiger partial charge in [-0.3, -0.25) is 9.78 Å². The highest BCUT2D eigenvalue weighted by atomic mass is 16.6. The minimum absolute atomic E-state index is 0.381. The van der Waals surface area contributed by atoms with Crippen LogP contribution in [0.2, 0.25) is 0 Å². The molecule has 0 spiro atoms. The van der Waals surface area contributed by atoms with Gasteiger partial charge < -0.3 is 15.8 Å². The van der Waals surface area contributed by atoms with Crippen molar-refractivity contribution in [2.45, 2.75) is 25.7 Å². The summed E-state index contributed by atoms with van der Waals surface area (Å²) in [7, 11) is 0. The topological polar surface area (TPSA) is 94.3 Å². The Morgan fingerprint density at radius 1 is 1.21 bits per heavy atom. The highest BCUT2D eigenvalue weighted by Gasteiger charge is 2.02. The smallest absolute Gasteiger partial charge is 0.407 e. The number of carbonyl (C=O) groups is 2. The van der Waals surface area contributed by atoms with Gasteiger partial charge in [-0.05, 0) is 37.0 Å². The van der Waals surface area contributed by atoms with Gasteiger partial charge in [-0.15, -0.1) is 0 Å². The zero-order valence-corrected chi connectivity index (χ0v) is 10.8. The molecule has 0 aromatic carbocycles. The lowest BCUT2D eigenvalue weighted by Crippen LogP contribution is -2.29. The number of hydrogen-bond donors (Lipinski definition) is 2. The van der Waals surface area contributed by atoms with Crippen LogP contribution in [0.4, 0.5) is 4.79 Å². The third kappa shape index (κ3) is 7.75. The van der Waals surface area contributed by atoms with Crippen molar-refractivity contribution in [3.05, 3.63) is 30.1 Å². The molecule has 0 radical (unpaired) electrons. The summed E-state index contributed by atoms with van der Waals surface area (Å²) < 4.78 is 4.55. The normalized spacial score (nSPS) is 9.89. The molecular formula is C13H19N3O3. The molecule has 6 heteroatoms. The van der Waals surface area contributed by atoms with E-state index in [9.17, 15) is 9.59 Å². The summed E-state index contributed by atoms with van der Waals surface area (Å²) in [4.78, 5) is 25.4. The molecule has 6 nitrogen and oxygen atoms in total. The van der Waals surface area contributed by atoms with E-state index >= 15 is 0 Å². The summed E-state index contributed by atoms with van der Waals surface area (Å²) >= 11 is 0. The average molecular weight is 265 g/mol. The van der Waals surface area contributed by atoms with E-state index in [4.69, 9.17) is 5.73 Å². The zero-order valence-electron chi connectivity index (χ0n) is 10.8. The molecule has 0 fully saturated rings. The standard InChI is InChI=1S/C13H19N3O3/c14-12(17)10-19-13(18)16-7-3-1-2-4-11-5-8-15-9-6-11/h5-6,8-9H,1-4,7,10H2,(H2,14,17)(H,16,18). The molecule has 0 saturated heterocycles. The predicted molar refractivity (Wildman–Crippen MR) is 70.3 cm³/mol. The van der Waals surface area contributed by atoms with Gasteiger partial charge in [0.25, 0.3) is 5.91 Å². The molecule has 1 heterocycles. The quantitative estimate of drug-likeness (QED) is 0.686. The first kappa shape index (κ1) is 14.9. The maximum atomic E-state index is 11.1. The van der Waals surface area contributed by atoms with E-state index in [1.54, 1.807) is 12.4 Å². The second-order valence-electron chi connectivity index (χ2n) is 4.14. The third-order valence-electron chi connectivity index (χ3n) is 2.51. The van der Waals surface area contributed by atoms with Crippen molar-refractivity contribution in [2.24, 2.45) is 5.73 Å². The van der Waals surface area contributed by atoms with E-state index in [2.05, 4.69) is 15.0 Å². The van der Waals surface area contributed by atoms with Gasteiger partial charge in [0, 0.05) is 18.9 Å². The van der Waals surface area contributed by atoms with Gasteiger partial charge in [-0.25, -0.2) is 4.79 Å². The van der Waals surface area contributed by atoms with Crippen molar-refractivity contribution in [1.29, 1.82) is 0 Å². The molecule has 2 amide bonds. The fraction of sp³-hybridized carbons (Fsp3) is 0.462. The Bertz CT molecular complexity index is 395. The van der Waals surface area contributed by atoms with Gasteiger partial charge in [0.1, 0.15) is 0 Å². The Balaban J connectivity index is 1.96. The number of alkyl carbamates (subject to hydrolysis) is 1. The van der Waals surface area contributed by atoms with Crippen molar-refractivity contribution in [3.63, 3.8) is 0 Å². The zero-order chi connectivity index (χ0) is 13.9. The molecule has 0 saturated carbocycles. The van der Waals surface area contributed by atoms with Gasteiger partial charge in [0.05, 0.1) is 0 Å². The van der Waals surface area contributed by atoms with Crippen LogP contribution in [0.15, 0.2) is 24.5 Å². The second-order valence-corrected chi connectivity index (χ2v) is 4.14. The number of carbonyl (C=O) groups excluding carboxylic acids is 2. The summed E-state index contributed by atoms with van der Waals surface area (Å²) in [5.41, 5.74) is 6.11. The number of nitrogens with zero attached hydrogens (tertiary/aromatic N) is 1. The van der Waals surface area contributed by atoms with Crippen LogP contribution in [0.5, 0.6) is 0 Å². The number of pyridine rings is 1. The lowest BCUT2D eigenvalue weighted by atomic mass is 10.1. The van der Waals surface area contributed by atoms with Crippen LogP contribution in [0.25, 0.3) is 0 Å². The van der Waals surface area contributed by atoms with Gasteiger partial charge >= 0.3 is 6.09 Å². The molecule has 19 heavy (non-hydrogen) atoms. The molecule has 104 valence electrons. The Labute approximate surface area is 112 Å². The molecule has 1 aromatic rings. The highest BCUT2D eigenvalue weighted by Crippen LogP contribution is 2.04. The molecule has 0 aliphatic rings. The minimum atomic E-state index is -0.660. The van der Waals surface area contributed by atoms with Crippen LogP contribution >= 0.6 is 0 Å². The summed E-state index contributed by atoms with van der Waals surface area (Å²) in [5.74, 6) is -0.660. The maximum absolute atomic E-state index is 11.1. The number of aryl methyl sites for hydroxylation is 1. The van der Waals surface area contributed by atoms with E-state index in [0.29, 0.717) is 6.54 Å². The number of rotatable bonds is 8. The minimum Gasteiger partial charge on any atom is -0.439 e. The Morgan fingerprint density at radius 2 is 1.95 bits per heavy atom. The van der Waals surface area contributed by atoms with Crippen LogP contribution < -0.4 is 11.1 Å². The average Bonchev–Trinajstić information content (AvgIpc) is 2.41. The van der Waals surface area contributed by atoms with Gasteiger partial charge in [-0.2, -0.15) is 0 Å². The predicted octanol–water partition coefficient (Wildman–Crippen LogP) is 1.01. The molecule has 0 aliphatic carbocycles. The molecule has 1 rings (SSSR count). The number of primary amides is 1. The molecule has 0 atom stereocenters. The molecule has 0 unspecified atom stereocenters. The SMILES string of the molecule is NC(=O)COC(=O)NCCCCCc1ccncc1. The first-order valence-electron chi connectivity index (χ1n) is 6.26. The van der Waals surface area contributed by atoms with Crippen molar-refractivity contribution in [2.75, 3.05) is 13.2 Å². The number of unbranched alkanes of at least 4 members (excludes halogenated alkanes) is 2. The summed E-state index contributed by atoms with van der Waals surface area (Å²) in [6.45, 7) is 0.155. The van der Waals surface area contributed by atoms with Gasteiger partial charge in [0.15, 0.2) is 6.61 Å². The first-order valence-corrected chi connectivity index (χ1v) is 6.26. The van der Waals surface area contributed by atoms with Crippen LogP contribution in [0, 0.1) is 0 Å². The van der Waals surface area contributed by atoms with Crippen LogP contribution in [-0.2, 0) is 16.0 Å². The van der Waals surface area contributed by atoms with Crippen LogP contribution in [0.3, 0.4) is 0 Å². The summed E-state index contributed by atoms with van der Waals surface area (Å²) in [6.07, 6.45) is 6.91. The number of nitrogens with one attached hydrogen (secondary N) is 1. The third-order valence-corrected chi connectivity index (χ3v) is 2.51. The second kappa shape index (κ2) is 8.91. The number of aromatic nitrogens is 1. The molecule has 3 N–H and O–H groups in total. The highest BCUT2D eigenvalue weighted by molar-refractivity contribution is 5.78. The largest absolute Gasteiger partial charge is 0.439 e. The Hall–Kier alpha value is -2.11. The lowest BCUT2D eigenvalue weighted by molar-refractivity contribution is -0.120. The fourth-order valence-electron chi connectivity index (χ4n) is 1.56. The van der Waals surface area contributed by atoms with Crippen molar-refractivity contribution >= 4 is 12.0 Å². The summed E-state index contributed by atoms with van der Waals surface area (Å²) in [6, 6.07) is 4.00. The number of ether oxygens (including phenoxy) is 1. The molecule has 0 aliphatic heterocycles. The van der Waals surface area contributed by atoms with Crippen molar-refractivity contribution in [1.82, 2.24) is 10.3 Å². The van der Waals surface area contributed by atoms with E-state index in [-0.39, 0.29) is 6.61 Å². The number of nitrogens with two attached hydrogens (primary N) is 1.